The van der Waals surface area contributed by atoms with E-state index in [4.69, 9.17) is 11.6 Å². The molecule has 0 N–H and O–H groups in total. The summed E-state index contributed by atoms with van der Waals surface area (Å²) in [5, 5.41) is 0. The molecule has 122 valence electrons. The maximum atomic E-state index is 6.64. The lowest BCUT2D eigenvalue weighted by atomic mass is 9.95. The lowest BCUT2D eigenvalue weighted by Gasteiger charge is -2.22. The molecule has 0 aromatic carbocycles. The van der Waals surface area contributed by atoms with Crippen LogP contribution < -0.4 is 0 Å². The van der Waals surface area contributed by atoms with Gasteiger partial charge in [-0.3, -0.25) is 0 Å². The van der Waals surface area contributed by atoms with Gasteiger partial charge in [-0.25, -0.2) is 0 Å². The summed E-state index contributed by atoms with van der Waals surface area (Å²) in [6, 6.07) is 0. The van der Waals surface area contributed by atoms with Gasteiger partial charge in [-0.1, -0.05) is 97.3 Å². The number of rotatable bonds is 15. The van der Waals surface area contributed by atoms with Crippen LogP contribution in [0.1, 0.15) is 117 Å². The largest absolute Gasteiger partial charge is 0.120 e. The Bertz CT molecular complexity index is 186. The van der Waals surface area contributed by atoms with Gasteiger partial charge in [-0.15, -0.1) is 11.6 Å². The van der Waals surface area contributed by atoms with Crippen molar-refractivity contribution in [3.8, 4) is 0 Å². The molecule has 0 fully saturated rings. The molecule has 1 unspecified atom stereocenters. The second-order valence-electron chi connectivity index (χ2n) is 6.80. The average molecular weight is 303 g/mol. The Hall–Kier alpha value is 0.290. The van der Waals surface area contributed by atoms with Crippen molar-refractivity contribution in [2.75, 3.05) is 0 Å². The number of halogens is 1. The Morgan fingerprint density at radius 1 is 0.550 bits per heavy atom. The van der Waals surface area contributed by atoms with E-state index in [9.17, 15) is 0 Å². The van der Waals surface area contributed by atoms with Crippen LogP contribution in [0, 0.1) is 0 Å². The highest BCUT2D eigenvalue weighted by Crippen LogP contribution is 2.29. The van der Waals surface area contributed by atoms with Gasteiger partial charge >= 0.3 is 0 Å². The van der Waals surface area contributed by atoms with E-state index in [1.54, 1.807) is 0 Å². The number of unbranched alkanes of at least 4 members (excludes halogenated alkanes) is 11. The molecule has 0 saturated heterocycles. The van der Waals surface area contributed by atoms with E-state index in [1.165, 1.54) is 96.3 Å². The summed E-state index contributed by atoms with van der Waals surface area (Å²) >= 11 is 6.64. The van der Waals surface area contributed by atoms with Gasteiger partial charge in [0.2, 0.25) is 0 Å². The molecule has 0 nitrogen and oxygen atoms in total. The third-order valence-corrected chi connectivity index (χ3v) is 4.73. The Morgan fingerprint density at radius 3 is 1.20 bits per heavy atom. The smallest absolute Gasteiger partial charge is 0.0418 e. The topological polar surface area (TPSA) is 0 Å². The van der Waals surface area contributed by atoms with Gasteiger partial charge in [0.25, 0.3) is 0 Å². The zero-order chi connectivity index (χ0) is 15.1. The van der Waals surface area contributed by atoms with Gasteiger partial charge in [0.15, 0.2) is 0 Å². The van der Waals surface area contributed by atoms with Crippen molar-refractivity contribution in [2.24, 2.45) is 0 Å². The first kappa shape index (κ1) is 20.3. The normalized spacial score (nSPS) is 14.4. The molecule has 0 aromatic heterocycles. The van der Waals surface area contributed by atoms with Crippen molar-refractivity contribution < 1.29 is 0 Å². The summed E-state index contributed by atoms with van der Waals surface area (Å²) in [6.45, 7) is 6.80. The van der Waals surface area contributed by atoms with E-state index in [0.717, 1.165) is 0 Å². The van der Waals surface area contributed by atoms with Crippen LogP contribution in [0.3, 0.4) is 0 Å². The molecule has 1 atom stereocenters. The van der Waals surface area contributed by atoms with Gasteiger partial charge in [0.1, 0.15) is 0 Å². The van der Waals surface area contributed by atoms with Crippen LogP contribution >= 0.6 is 11.6 Å². The monoisotopic (exact) mass is 302 g/mol. The van der Waals surface area contributed by atoms with Gasteiger partial charge in [0, 0.05) is 4.87 Å². The van der Waals surface area contributed by atoms with Crippen molar-refractivity contribution in [2.45, 2.75) is 122 Å². The highest BCUT2D eigenvalue weighted by atomic mass is 35.5. The Morgan fingerprint density at radius 2 is 0.850 bits per heavy atom. The fraction of sp³-hybridized carbons (Fsp3) is 1.00. The Balaban J connectivity index is 3.35. The number of hydrogen-bond donors (Lipinski definition) is 0. The standard InChI is InChI=1S/C19H39Cl/c1-4-6-8-10-12-14-16-18-19(3,20)17-15-13-11-9-7-5-2/h4-18H2,1-3H3. The van der Waals surface area contributed by atoms with Gasteiger partial charge in [-0.2, -0.15) is 0 Å². The molecule has 0 aromatic rings. The summed E-state index contributed by atoms with van der Waals surface area (Å²) in [5.74, 6) is 0. The molecule has 0 rings (SSSR count). The van der Waals surface area contributed by atoms with Crippen LogP contribution in [0.5, 0.6) is 0 Å². The van der Waals surface area contributed by atoms with Gasteiger partial charge < -0.3 is 0 Å². The molecule has 1 heteroatoms. The Kier molecular flexibility index (Phi) is 14.4. The van der Waals surface area contributed by atoms with E-state index in [2.05, 4.69) is 20.8 Å². The second kappa shape index (κ2) is 14.2. The molecule has 0 radical (unpaired) electrons. The van der Waals surface area contributed by atoms with Gasteiger partial charge in [-0.05, 0) is 19.8 Å². The quantitative estimate of drug-likeness (QED) is 0.213. The molecular formula is C19H39Cl. The molecule has 0 aliphatic heterocycles. The second-order valence-corrected chi connectivity index (χ2v) is 7.71. The van der Waals surface area contributed by atoms with Crippen LogP contribution in [-0.4, -0.2) is 4.87 Å². The molecule has 0 spiro atoms. The van der Waals surface area contributed by atoms with Crippen molar-refractivity contribution in [3.05, 3.63) is 0 Å². The molecule has 0 bridgehead atoms. The zero-order valence-corrected chi connectivity index (χ0v) is 15.2. The third-order valence-electron chi connectivity index (χ3n) is 4.35. The van der Waals surface area contributed by atoms with Gasteiger partial charge in [0.05, 0.1) is 0 Å². The number of hydrogen-bond acceptors (Lipinski definition) is 0. The molecule has 0 aliphatic carbocycles. The van der Waals surface area contributed by atoms with Crippen LogP contribution in [0.15, 0.2) is 0 Å². The summed E-state index contributed by atoms with van der Waals surface area (Å²) in [5.41, 5.74) is 0. The molecule has 0 heterocycles. The van der Waals surface area contributed by atoms with Crippen molar-refractivity contribution in [1.82, 2.24) is 0 Å². The maximum absolute atomic E-state index is 6.64. The van der Waals surface area contributed by atoms with E-state index in [0.29, 0.717) is 0 Å². The van der Waals surface area contributed by atoms with E-state index < -0.39 is 0 Å². The summed E-state index contributed by atoms with van der Waals surface area (Å²) in [6.07, 6.45) is 20.4. The molecule has 20 heavy (non-hydrogen) atoms. The minimum Gasteiger partial charge on any atom is -0.120 e. The predicted octanol–water partition coefficient (Wildman–Crippen LogP) is 7.88. The van der Waals surface area contributed by atoms with Crippen LogP contribution in [0.2, 0.25) is 0 Å². The van der Waals surface area contributed by atoms with E-state index in [1.807, 2.05) is 0 Å². The van der Waals surface area contributed by atoms with Crippen LogP contribution in [-0.2, 0) is 0 Å². The molecule has 0 aliphatic rings. The molecular weight excluding hydrogens is 264 g/mol. The van der Waals surface area contributed by atoms with Crippen LogP contribution in [0.25, 0.3) is 0 Å². The van der Waals surface area contributed by atoms with Crippen molar-refractivity contribution in [1.29, 1.82) is 0 Å². The van der Waals surface area contributed by atoms with Crippen molar-refractivity contribution in [3.63, 3.8) is 0 Å². The highest BCUT2D eigenvalue weighted by Gasteiger charge is 2.19. The fourth-order valence-electron chi connectivity index (χ4n) is 2.85. The highest BCUT2D eigenvalue weighted by molar-refractivity contribution is 6.23. The van der Waals surface area contributed by atoms with Crippen LogP contribution in [0.4, 0.5) is 0 Å². The first-order valence-electron chi connectivity index (χ1n) is 9.31. The zero-order valence-electron chi connectivity index (χ0n) is 14.5. The SMILES string of the molecule is CCCCCCCCCC(C)(Cl)CCCCCCCC. The first-order valence-corrected chi connectivity index (χ1v) is 9.69. The number of alkyl halides is 1. The fourth-order valence-corrected chi connectivity index (χ4v) is 3.12. The minimum absolute atomic E-state index is 0.0637. The summed E-state index contributed by atoms with van der Waals surface area (Å²) < 4.78 is 0. The maximum Gasteiger partial charge on any atom is 0.0418 e. The average Bonchev–Trinajstić information content (AvgIpc) is 2.41. The summed E-state index contributed by atoms with van der Waals surface area (Å²) in [7, 11) is 0. The Labute approximate surface area is 134 Å². The summed E-state index contributed by atoms with van der Waals surface area (Å²) in [4.78, 5) is 0.0637. The molecule has 0 saturated carbocycles. The van der Waals surface area contributed by atoms with E-state index >= 15 is 0 Å². The minimum atomic E-state index is 0.0637. The lowest BCUT2D eigenvalue weighted by Crippen LogP contribution is -2.15. The first-order chi connectivity index (χ1) is 9.62. The molecule has 0 amide bonds. The third kappa shape index (κ3) is 14.7. The van der Waals surface area contributed by atoms with E-state index in [-0.39, 0.29) is 4.87 Å². The predicted molar refractivity (Wildman–Crippen MR) is 94.9 cm³/mol. The van der Waals surface area contributed by atoms with Crippen molar-refractivity contribution >= 4 is 11.6 Å². The lowest BCUT2D eigenvalue weighted by molar-refractivity contribution is 0.458.